The monoisotopic (exact) mass is 375 g/mol. The van der Waals surface area contributed by atoms with Gasteiger partial charge in [0, 0.05) is 38.1 Å². The molecule has 0 radical (unpaired) electrons. The lowest BCUT2D eigenvalue weighted by Gasteiger charge is -2.05. The van der Waals surface area contributed by atoms with Crippen molar-refractivity contribution in [3.8, 4) is 11.1 Å². The second-order valence-electron chi connectivity index (χ2n) is 8.13. The Morgan fingerprint density at radius 2 is 1.45 bits per heavy atom. The molecular weight excluding hydrogens is 354 g/mol. The van der Waals surface area contributed by atoms with E-state index in [0.717, 1.165) is 16.7 Å². The highest BCUT2D eigenvalue weighted by atomic mass is 16.3. The van der Waals surface area contributed by atoms with Gasteiger partial charge in [-0.3, -0.25) is 0 Å². The largest absolute Gasteiger partial charge is 0.455 e. The number of para-hydroxylation sites is 2. The molecule has 2 heterocycles. The Hall–Kier alpha value is -3.52. The Balaban J connectivity index is 1.63. The number of hydrogen-bond donors (Lipinski definition) is 1. The molecule has 0 bridgehead atoms. The Morgan fingerprint density at radius 3 is 2.31 bits per heavy atom. The predicted molar refractivity (Wildman–Crippen MR) is 123 cm³/mol. The van der Waals surface area contributed by atoms with E-state index in [4.69, 9.17) is 4.42 Å². The van der Waals surface area contributed by atoms with Crippen LogP contribution in [0.3, 0.4) is 0 Å². The first-order chi connectivity index (χ1) is 14.2. The highest BCUT2D eigenvalue weighted by Gasteiger charge is 2.13. The summed E-state index contributed by atoms with van der Waals surface area (Å²) in [7, 11) is 0. The van der Waals surface area contributed by atoms with Crippen LogP contribution < -0.4 is 0 Å². The van der Waals surface area contributed by atoms with Crippen molar-refractivity contribution in [2.24, 2.45) is 0 Å². The molecule has 0 fully saturated rings. The molecule has 0 atom stereocenters. The first-order valence-electron chi connectivity index (χ1n) is 10.1. The van der Waals surface area contributed by atoms with Crippen molar-refractivity contribution < 1.29 is 4.42 Å². The number of aromatic nitrogens is 1. The molecule has 0 spiro atoms. The van der Waals surface area contributed by atoms with Gasteiger partial charge in [0.25, 0.3) is 0 Å². The quantitative estimate of drug-likeness (QED) is 0.326. The minimum absolute atomic E-state index is 0.511. The van der Waals surface area contributed by atoms with E-state index in [1.165, 1.54) is 43.7 Å². The number of furan rings is 1. The number of benzene rings is 4. The standard InChI is InChI=1S/C27H21NO/c1-16(2)17-10-12-24-22(14-17)23-15-18(11-13-25(23)28-24)19-7-5-8-21-20-6-3-4-9-26(20)29-27(19)21/h3-16,28H,1-2H3. The summed E-state index contributed by atoms with van der Waals surface area (Å²) in [5.41, 5.74) is 7.92. The van der Waals surface area contributed by atoms with Crippen LogP contribution in [-0.4, -0.2) is 4.98 Å². The zero-order valence-corrected chi connectivity index (χ0v) is 16.5. The third kappa shape index (κ3) is 2.42. The van der Waals surface area contributed by atoms with Gasteiger partial charge in [-0.2, -0.15) is 0 Å². The van der Waals surface area contributed by atoms with Crippen molar-refractivity contribution >= 4 is 43.7 Å². The number of H-pyrrole nitrogens is 1. The third-order valence-corrected chi connectivity index (χ3v) is 6.00. The maximum absolute atomic E-state index is 6.26. The zero-order valence-electron chi connectivity index (χ0n) is 16.5. The lowest BCUT2D eigenvalue weighted by atomic mass is 9.98. The minimum Gasteiger partial charge on any atom is -0.455 e. The van der Waals surface area contributed by atoms with E-state index in [2.05, 4.69) is 85.6 Å². The second-order valence-corrected chi connectivity index (χ2v) is 8.13. The normalized spacial score (nSPS) is 12.1. The molecule has 0 aliphatic heterocycles. The maximum atomic E-state index is 6.26. The zero-order chi connectivity index (χ0) is 19.5. The van der Waals surface area contributed by atoms with Crippen molar-refractivity contribution in [1.29, 1.82) is 0 Å². The van der Waals surface area contributed by atoms with Crippen molar-refractivity contribution in [2.45, 2.75) is 19.8 Å². The Morgan fingerprint density at radius 1 is 0.690 bits per heavy atom. The van der Waals surface area contributed by atoms with Crippen LogP contribution in [0.2, 0.25) is 0 Å². The first kappa shape index (κ1) is 16.4. The van der Waals surface area contributed by atoms with Crippen LogP contribution in [0.15, 0.2) is 83.3 Å². The van der Waals surface area contributed by atoms with E-state index in [1.807, 2.05) is 12.1 Å². The van der Waals surface area contributed by atoms with Crippen molar-refractivity contribution in [1.82, 2.24) is 4.98 Å². The van der Waals surface area contributed by atoms with Gasteiger partial charge < -0.3 is 9.40 Å². The summed E-state index contributed by atoms with van der Waals surface area (Å²) < 4.78 is 6.26. The van der Waals surface area contributed by atoms with Crippen molar-refractivity contribution in [2.75, 3.05) is 0 Å². The summed E-state index contributed by atoms with van der Waals surface area (Å²) >= 11 is 0. The Labute approximate surface area is 168 Å². The summed E-state index contributed by atoms with van der Waals surface area (Å²) in [4.78, 5) is 3.56. The predicted octanol–water partition coefficient (Wildman–Crippen LogP) is 8.01. The van der Waals surface area contributed by atoms with Crippen LogP contribution in [0, 0.1) is 0 Å². The Kier molecular flexibility index (Phi) is 3.39. The minimum atomic E-state index is 0.511. The summed E-state index contributed by atoms with van der Waals surface area (Å²) in [6, 6.07) is 28.1. The number of aromatic amines is 1. The fourth-order valence-electron chi connectivity index (χ4n) is 4.42. The molecule has 0 unspecified atom stereocenters. The van der Waals surface area contributed by atoms with E-state index < -0.39 is 0 Å². The third-order valence-electron chi connectivity index (χ3n) is 6.00. The van der Waals surface area contributed by atoms with Crippen LogP contribution in [0.25, 0.3) is 54.9 Å². The summed E-state index contributed by atoms with van der Waals surface area (Å²) in [5, 5.41) is 4.87. The van der Waals surface area contributed by atoms with Gasteiger partial charge in [0.1, 0.15) is 11.2 Å². The van der Waals surface area contributed by atoms with Crippen LogP contribution in [0.1, 0.15) is 25.3 Å². The molecule has 0 saturated carbocycles. The molecule has 140 valence electrons. The summed E-state index contributed by atoms with van der Waals surface area (Å²) in [6.07, 6.45) is 0. The molecule has 0 aliphatic rings. The number of hydrogen-bond acceptors (Lipinski definition) is 1. The number of fused-ring (bicyclic) bond motifs is 6. The van der Waals surface area contributed by atoms with Gasteiger partial charge in [-0.15, -0.1) is 0 Å². The topological polar surface area (TPSA) is 28.9 Å². The lowest BCUT2D eigenvalue weighted by molar-refractivity contribution is 0.670. The SMILES string of the molecule is CC(C)c1ccc2[nH]c3ccc(-c4cccc5c4oc4ccccc45)cc3c2c1. The molecule has 2 nitrogen and oxygen atoms in total. The highest BCUT2D eigenvalue weighted by molar-refractivity contribution is 6.12. The van der Waals surface area contributed by atoms with E-state index in [0.29, 0.717) is 5.92 Å². The summed E-state index contributed by atoms with van der Waals surface area (Å²) in [6.45, 7) is 4.48. The van der Waals surface area contributed by atoms with Gasteiger partial charge in [0.15, 0.2) is 0 Å². The average Bonchev–Trinajstić information content (AvgIpc) is 3.30. The molecule has 2 heteroatoms. The van der Waals surface area contributed by atoms with Gasteiger partial charge in [0.2, 0.25) is 0 Å². The van der Waals surface area contributed by atoms with Gasteiger partial charge >= 0.3 is 0 Å². The first-order valence-corrected chi connectivity index (χ1v) is 10.1. The van der Waals surface area contributed by atoms with E-state index in [-0.39, 0.29) is 0 Å². The van der Waals surface area contributed by atoms with Crippen LogP contribution in [-0.2, 0) is 0 Å². The van der Waals surface area contributed by atoms with Crippen molar-refractivity contribution in [3.05, 3.63) is 84.4 Å². The molecule has 4 aromatic carbocycles. The second kappa shape index (κ2) is 5.99. The number of rotatable bonds is 2. The van der Waals surface area contributed by atoms with Gasteiger partial charge in [-0.05, 0) is 47.4 Å². The smallest absolute Gasteiger partial charge is 0.143 e. The van der Waals surface area contributed by atoms with Crippen LogP contribution in [0.5, 0.6) is 0 Å². The van der Waals surface area contributed by atoms with E-state index >= 15 is 0 Å². The van der Waals surface area contributed by atoms with Gasteiger partial charge in [0.05, 0.1) is 0 Å². The molecule has 0 saturated heterocycles. The lowest BCUT2D eigenvalue weighted by Crippen LogP contribution is -1.85. The van der Waals surface area contributed by atoms with E-state index in [9.17, 15) is 0 Å². The molecule has 2 aromatic heterocycles. The summed E-state index contributed by atoms with van der Waals surface area (Å²) in [5.74, 6) is 0.511. The molecule has 0 aliphatic carbocycles. The van der Waals surface area contributed by atoms with Gasteiger partial charge in [-0.25, -0.2) is 0 Å². The number of nitrogens with one attached hydrogen (secondary N) is 1. The fourth-order valence-corrected chi connectivity index (χ4v) is 4.42. The van der Waals surface area contributed by atoms with Gasteiger partial charge in [-0.1, -0.05) is 62.4 Å². The fraction of sp³-hybridized carbons (Fsp3) is 0.111. The Bertz CT molecular complexity index is 1530. The highest BCUT2D eigenvalue weighted by Crippen LogP contribution is 2.38. The van der Waals surface area contributed by atoms with E-state index in [1.54, 1.807) is 0 Å². The molecule has 29 heavy (non-hydrogen) atoms. The van der Waals surface area contributed by atoms with Crippen LogP contribution in [0.4, 0.5) is 0 Å². The molecule has 0 amide bonds. The van der Waals surface area contributed by atoms with Crippen molar-refractivity contribution in [3.63, 3.8) is 0 Å². The molecular formula is C27H21NO. The molecule has 1 N–H and O–H groups in total. The molecule has 6 aromatic rings. The molecule has 6 rings (SSSR count). The van der Waals surface area contributed by atoms with Crippen LogP contribution >= 0.6 is 0 Å². The average molecular weight is 375 g/mol. The maximum Gasteiger partial charge on any atom is 0.143 e.